The van der Waals surface area contributed by atoms with Crippen molar-refractivity contribution in [2.45, 2.75) is 38.2 Å². The number of rotatable bonds is 1. The molecule has 0 aliphatic carbocycles. The largest absolute Gasteiger partial charge is 0.390 e. The van der Waals surface area contributed by atoms with E-state index in [2.05, 4.69) is 0 Å². The van der Waals surface area contributed by atoms with Gasteiger partial charge in [-0.05, 0) is 26.2 Å². The molecular weight excluding hydrogens is 180 g/mol. The number of amides is 1. The fourth-order valence-corrected chi connectivity index (χ4v) is 1.69. The van der Waals surface area contributed by atoms with E-state index in [0.717, 1.165) is 12.8 Å². The molecule has 1 unspecified atom stereocenters. The molecule has 1 rings (SSSR count). The number of nitrogens with zero attached hydrogens (tertiary/aromatic N) is 2. The van der Waals surface area contributed by atoms with Crippen molar-refractivity contribution in [3.05, 3.63) is 0 Å². The maximum absolute atomic E-state index is 11.4. The van der Waals surface area contributed by atoms with Crippen LogP contribution in [0, 0.1) is 11.3 Å². The summed E-state index contributed by atoms with van der Waals surface area (Å²) >= 11 is 0. The van der Waals surface area contributed by atoms with Gasteiger partial charge in [0.1, 0.15) is 6.42 Å². The molecule has 0 aromatic rings. The highest BCUT2D eigenvalue weighted by molar-refractivity contribution is 5.78. The lowest BCUT2D eigenvalue weighted by Gasteiger charge is -2.21. The van der Waals surface area contributed by atoms with Gasteiger partial charge in [0, 0.05) is 13.1 Å². The monoisotopic (exact) mass is 196 g/mol. The van der Waals surface area contributed by atoms with Gasteiger partial charge >= 0.3 is 0 Å². The van der Waals surface area contributed by atoms with Crippen molar-refractivity contribution in [3.63, 3.8) is 0 Å². The lowest BCUT2D eigenvalue weighted by molar-refractivity contribution is -0.130. The summed E-state index contributed by atoms with van der Waals surface area (Å²) in [5.41, 5.74) is -0.651. The number of hydrogen-bond acceptors (Lipinski definition) is 3. The molecule has 1 aliphatic rings. The first-order valence-electron chi connectivity index (χ1n) is 4.92. The summed E-state index contributed by atoms with van der Waals surface area (Å²) in [5, 5.41) is 18.2. The summed E-state index contributed by atoms with van der Waals surface area (Å²) in [6.45, 7) is 3.02. The molecule has 4 heteroatoms. The Morgan fingerprint density at radius 1 is 1.57 bits per heavy atom. The van der Waals surface area contributed by atoms with E-state index in [1.807, 2.05) is 6.07 Å². The van der Waals surface area contributed by atoms with Gasteiger partial charge in [0.2, 0.25) is 5.91 Å². The van der Waals surface area contributed by atoms with E-state index >= 15 is 0 Å². The van der Waals surface area contributed by atoms with Crippen molar-refractivity contribution < 1.29 is 9.90 Å². The standard InChI is InChI=1S/C10H16N2O2/c1-10(14)4-2-7-12(8-5-10)9(13)3-6-11/h14H,2-5,7-8H2,1H3. The van der Waals surface area contributed by atoms with E-state index in [0.29, 0.717) is 19.5 Å². The maximum atomic E-state index is 11.4. The van der Waals surface area contributed by atoms with Crippen LogP contribution in [0.2, 0.25) is 0 Å². The second-order valence-corrected chi connectivity index (χ2v) is 4.07. The molecule has 1 fully saturated rings. The number of carbonyl (C=O) groups is 1. The summed E-state index contributed by atoms with van der Waals surface area (Å²) in [6, 6.07) is 1.85. The van der Waals surface area contributed by atoms with E-state index < -0.39 is 5.60 Å². The molecular formula is C10H16N2O2. The van der Waals surface area contributed by atoms with Gasteiger partial charge in [-0.3, -0.25) is 4.79 Å². The van der Waals surface area contributed by atoms with Crippen LogP contribution in [0.3, 0.4) is 0 Å². The van der Waals surface area contributed by atoms with Gasteiger partial charge < -0.3 is 10.0 Å². The topological polar surface area (TPSA) is 64.3 Å². The highest BCUT2D eigenvalue weighted by Crippen LogP contribution is 2.21. The number of likely N-dealkylation sites (tertiary alicyclic amines) is 1. The van der Waals surface area contributed by atoms with Gasteiger partial charge in [-0.25, -0.2) is 0 Å². The fourth-order valence-electron chi connectivity index (χ4n) is 1.69. The second kappa shape index (κ2) is 4.43. The van der Waals surface area contributed by atoms with Crippen molar-refractivity contribution in [1.82, 2.24) is 4.90 Å². The van der Waals surface area contributed by atoms with Crippen molar-refractivity contribution in [3.8, 4) is 6.07 Å². The summed E-state index contributed by atoms with van der Waals surface area (Å²) in [6.07, 6.45) is 2.08. The molecule has 0 radical (unpaired) electrons. The Kier molecular flexibility index (Phi) is 3.48. The van der Waals surface area contributed by atoms with Crippen molar-refractivity contribution in [2.24, 2.45) is 0 Å². The minimum atomic E-state index is -0.651. The minimum absolute atomic E-state index is 0.0534. The van der Waals surface area contributed by atoms with Gasteiger partial charge in [0.15, 0.2) is 0 Å². The molecule has 1 atom stereocenters. The molecule has 78 valence electrons. The third-order valence-corrected chi connectivity index (χ3v) is 2.65. The van der Waals surface area contributed by atoms with Crippen LogP contribution < -0.4 is 0 Å². The summed E-state index contributed by atoms with van der Waals surface area (Å²) < 4.78 is 0. The molecule has 1 heterocycles. The summed E-state index contributed by atoms with van der Waals surface area (Å²) in [4.78, 5) is 13.1. The molecule has 0 spiro atoms. The smallest absolute Gasteiger partial charge is 0.236 e. The van der Waals surface area contributed by atoms with Crippen LogP contribution in [-0.2, 0) is 4.79 Å². The van der Waals surface area contributed by atoms with E-state index in [1.54, 1.807) is 11.8 Å². The molecule has 1 N–H and O–H groups in total. The highest BCUT2D eigenvalue weighted by Gasteiger charge is 2.26. The Balaban J connectivity index is 2.50. The van der Waals surface area contributed by atoms with Crippen LogP contribution >= 0.6 is 0 Å². The molecule has 0 saturated carbocycles. The third-order valence-electron chi connectivity index (χ3n) is 2.65. The lowest BCUT2D eigenvalue weighted by atomic mass is 9.98. The Labute approximate surface area is 84.1 Å². The second-order valence-electron chi connectivity index (χ2n) is 4.07. The Hall–Kier alpha value is -1.08. The number of nitriles is 1. The summed E-state index contributed by atoms with van der Waals surface area (Å²) in [5.74, 6) is -0.120. The first-order chi connectivity index (χ1) is 6.55. The first-order valence-corrected chi connectivity index (χ1v) is 4.92. The number of aliphatic hydroxyl groups is 1. The lowest BCUT2D eigenvalue weighted by Crippen LogP contribution is -2.33. The van der Waals surface area contributed by atoms with Crippen molar-refractivity contribution in [1.29, 1.82) is 5.26 Å². The van der Waals surface area contributed by atoms with Crippen LogP contribution in [0.5, 0.6) is 0 Å². The quantitative estimate of drug-likeness (QED) is 0.670. The van der Waals surface area contributed by atoms with Crippen LogP contribution in [0.15, 0.2) is 0 Å². The van der Waals surface area contributed by atoms with Crippen LogP contribution in [0.1, 0.15) is 32.6 Å². The zero-order valence-electron chi connectivity index (χ0n) is 8.49. The van der Waals surface area contributed by atoms with E-state index in [4.69, 9.17) is 5.26 Å². The first kappa shape index (κ1) is 11.0. The molecule has 1 saturated heterocycles. The predicted octanol–water partition coefficient (Wildman–Crippen LogP) is 0.664. The Morgan fingerprint density at radius 3 is 2.93 bits per heavy atom. The summed E-state index contributed by atoms with van der Waals surface area (Å²) in [7, 11) is 0. The minimum Gasteiger partial charge on any atom is -0.390 e. The molecule has 1 aliphatic heterocycles. The van der Waals surface area contributed by atoms with Crippen LogP contribution in [0.4, 0.5) is 0 Å². The van der Waals surface area contributed by atoms with Gasteiger partial charge in [0.25, 0.3) is 0 Å². The van der Waals surface area contributed by atoms with Gasteiger partial charge in [-0.1, -0.05) is 0 Å². The Morgan fingerprint density at radius 2 is 2.29 bits per heavy atom. The molecule has 0 bridgehead atoms. The van der Waals surface area contributed by atoms with Crippen molar-refractivity contribution in [2.75, 3.05) is 13.1 Å². The predicted molar refractivity (Wildman–Crippen MR) is 51.3 cm³/mol. The highest BCUT2D eigenvalue weighted by atomic mass is 16.3. The maximum Gasteiger partial charge on any atom is 0.236 e. The molecule has 0 aromatic carbocycles. The zero-order valence-corrected chi connectivity index (χ0v) is 8.49. The molecule has 14 heavy (non-hydrogen) atoms. The number of carbonyl (C=O) groups excluding carboxylic acids is 1. The van der Waals surface area contributed by atoms with Crippen LogP contribution in [-0.4, -0.2) is 34.6 Å². The average molecular weight is 196 g/mol. The van der Waals surface area contributed by atoms with Gasteiger partial charge in [-0.2, -0.15) is 5.26 Å². The molecule has 4 nitrogen and oxygen atoms in total. The fraction of sp³-hybridized carbons (Fsp3) is 0.800. The van der Waals surface area contributed by atoms with Crippen LogP contribution in [0.25, 0.3) is 0 Å². The molecule has 1 amide bonds. The third kappa shape index (κ3) is 3.00. The zero-order chi connectivity index (χ0) is 10.6. The molecule has 0 aromatic heterocycles. The van der Waals surface area contributed by atoms with E-state index in [9.17, 15) is 9.90 Å². The average Bonchev–Trinajstić information content (AvgIpc) is 2.27. The van der Waals surface area contributed by atoms with E-state index in [1.165, 1.54) is 0 Å². The van der Waals surface area contributed by atoms with Gasteiger partial charge in [0.05, 0.1) is 11.7 Å². The van der Waals surface area contributed by atoms with E-state index in [-0.39, 0.29) is 12.3 Å². The number of hydrogen-bond donors (Lipinski definition) is 1. The van der Waals surface area contributed by atoms with Crippen molar-refractivity contribution >= 4 is 5.91 Å². The SMILES string of the molecule is CC1(O)CCCN(C(=O)CC#N)CC1. The normalized spacial score (nSPS) is 27.9. The van der Waals surface area contributed by atoms with Gasteiger partial charge in [-0.15, -0.1) is 0 Å². The Bertz CT molecular complexity index is 255.